The van der Waals surface area contributed by atoms with Crippen LogP contribution in [0, 0.1) is 12.8 Å². The zero-order valence-corrected chi connectivity index (χ0v) is 19.7. The standard InChI is InChI=1S/C23H40N2O3S/c1-6-20-12-17(3)21(29-20)8-10-28-11-9-25(7-2)16-18-13-19(14-18)24-22(26)15-23(4,5)27/h12,18-19,27H,6-11,13-16H2,1-5H3,(H,24,26). The number of hydrogen-bond donors (Lipinski definition) is 2. The van der Waals surface area contributed by atoms with Crippen molar-refractivity contribution in [1.82, 2.24) is 10.2 Å². The topological polar surface area (TPSA) is 61.8 Å². The number of carbonyl (C=O) groups is 1. The van der Waals surface area contributed by atoms with Gasteiger partial charge in [0.2, 0.25) is 5.91 Å². The van der Waals surface area contributed by atoms with E-state index in [0.717, 1.165) is 58.5 Å². The third-order valence-electron chi connectivity index (χ3n) is 5.60. The van der Waals surface area contributed by atoms with Crippen LogP contribution in [0.3, 0.4) is 0 Å². The maximum absolute atomic E-state index is 11.9. The van der Waals surface area contributed by atoms with Crippen molar-refractivity contribution in [2.45, 2.75) is 78.4 Å². The lowest BCUT2D eigenvalue weighted by Crippen LogP contribution is -2.49. The highest BCUT2D eigenvalue weighted by molar-refractivity contribution is 7.12. The van der Waals surface area contributed by atoms with Gasteiger partial charge in [0.1, 0.15) is 0 Å². The van der Waals surface area contributed by atoms with Crippen molar-refractivity contribution in [2.24, 2.45) is 5.92 Å². The van der Waals surface area contributed by atoms with E-state index in [4.69, 9.17) is 4.74 Å². The number of amides is 1. The van der Waals surface area contributed by atoms with Crippen LogP contribution in [0.5, 0.6) is 0 Å². The van der Waals surface area contributed by atoms with Gasteiger partial charge in [0.15, 0.2) is 0 Å². The number of hydrogen-bond acceptors (Lipinski definition) is 5. The first-order valence-electron chi connectivity index (χ1n) is 11.1. The highest BCUT2D eigenvalue weighted by Gasteiger charge is 2.32. The maximum Gasteiger partial charge on any atom is 0.223 e. The van der Waals surface area contributed by atoms with Crippen molar-refractivity contribution in [3.63, 3.8) is 0 Å². The predicted octanol–water partition coefficient (Wildman–Crippen LogP) is 3.56. The molecule has 29 heavy (non-hydrogen) atoms. The Morgan fingerprint density at radius 3 is 2.66 bits per heavy atom. The number of nitrogens with zero attached hydrogens (tertiary/aromatic N) is 1. The smallest absolute Gasteiger partial charge is 0.223 e. The summed E-state index contributed by atoms with van der Waals surface area (Å²) in [6.07, 6.45) is 4.36. The summed E-state index contributed by atoms with van der Waals surface area (Å²) in [5.74, 6) is 0.595. The van der Waals surface area contributed by atoms with E-state index in [2.05, 4.69) is 37.1 Å². The molecule has 1 saturated carbocycles. The first-order chi connectivity index (χ1) is 13.7. The second-order valence-electron chi connectivity index (χ2n) is 9.02. The summed E-state index contributed by atoms with van der Waals surface area (Å²) in [5.41, 5.74) is 0.465. The Balaban J connectivity index is 1.56. The van der Waals surface area contributed by atoms with E-state index in [1.54, 1.807) is 13.8 Å². The van der Waals surface area contributed by atoms with Gasteiger partial charge < -0.3 is 20.1 Å². The van der Waals surface area contributed by atoms with Crippen molar-refractivity contribution >= 4 is 17.2 Å². The van der Waals surface area contributed by atoms with Crippen molar-refractivity contribution in [1.29, 1.82) is 0 Å². The summed E-state index contributed by atoms with van der Waals surface area (Å²) >= 11 is 1.92. The Morgan fingerprint density at radius 2 is 2.07 bits per heavy atom. The van der Waals surface area contributed by atoms with Crippen LogP contribution >= 0.6 is 11.3 Å². The molecule has 1 heterocycles. The Labute approximate surface area is 180 Å². The van der Waals surface area contributed by atoms with Gasteiger partial charge in [-0.2, -0.15) is 0 Å². The molecule has 0 unspecified atom stereocenters. The maximum atomic E-state index is 11.9. The van der Waals surface area contributed by atoms with Gasteiger partial charge >= 0.3 is 0 Å². The quantitative estimate of drug-likeness (QED) is 0.475. The van der Waals surface area contributed by atoms with Crippen LogP contribution in [-0.2, 0) is 22.4 Å². The summed E-state index contributed by atoms with van der Waals surface area (Å²) in [4.78, 5) is 17.3. The molecule has 0 bridgehead atoms. The zero-order chi connectivity index (χ0) is 21.4. The second-order valence-corrected chi connectivity index (χ2v) is 10.2. The highest BCUT2D eigenvalue weighted by Crippen LogP contribution is 2.28. The van der Waals surface area contributed by atoms with E-state index < -0.39 is 5.60 Å². The third kappa shape index (κ3) is 8.75. The molecule has 1 aromatic rings. The molecular formula is C23H40N2O3S. The summed E-state index contributed by atoms with van der Waals surface area (Å²) in [7, 11) is 0. The summed E-state index contributed by atoms with van der Waals surface area (Å²) in [6.45, 7) is 14.6. The van der Waals surface area contributed by atoms with Crippen LogP contribution in [-0.4, -0.2) is 60.4 Å². The number of carbonyl (C=O) groups excluding carboxylic acids is 1. The third-order valence-corrected chi connectivity index (χ3v) is 7.04. The van der Waals surface area contributed by atoms with Crippen LogP contribution in [0.2, 0.25) is 0 Å². The van der Waals surface area contributed by atoms with Crippen LogP contribution < -0.4 is 5.32 Å². The minimum absolute atomic E-state index is 0.0475. The Morgan fingerprint density at radius 1 is 1.34 bits per heavy atom. The molecule has 1 aromatic heterocycles. The summed E-state index contributed by atoms with van der Waals surface area (Å²) in [6, 6.07) is 2.57. The molecule has 0 saturated heterocycles. The summed E-state index contributed by atoms with van der Waals surface area (Å²) in [5, 5.41) is 12.8. The number of thiophene rings is 1. The van der Waals surface area contributed by atoms with Gasteiger partial charge in [-0.3, -0.25) is 4.79 Å². The van der Waals surface area contributed by atoms with Crippen LogP contribution in [0.4, 0.5) is 0 Å². The molecule has 166 valence electrons. The minimum atomic E-state index is -0.938. The fourth-order valence-electron chi connectivity index (χ4n) is 3.89. The normalized spacial score (nSPS) is 19.4. The fraction of sp³-hybridized carbons (Fsp3) is 0.783. The van der Waals surface area contributed by atoms with Gasteiger partial charge in [-0.05, 0) is 64.1 Å². The Kier molecular flexibility index (Phi) is 9.60. The number of likely N-dealkylation sites (N-methyl/N-ethyl adjacent to an activating group) is 1. The van der Waals surface area contributed by atoms with Crippen molar-refractivity contribution < 1.29 is 14.6 Å². The van der Waals surface area contributed by atoms with Crippen LogP contribution in [0.15, 0.2) is 6.07 Å². The average Bonchev–Trinajstić information content (AvgIpc) is 2.96. The molecule has 0 spiro atoms. The SMILES string of the molecule is CCc1cc(C)c(CCOCCN(CC)CC2CC(NC(=O)CC(C)(C)O)C2)s1. The molecule has 0 aromatic carbocycles. The molecule has 6 heteroatoms. The van der Waals surface area contributed by atoms with Gasteiger partial charge in [0.05, 0.1) is 25.2 Å². The summed E-state index contributed by atoms with van der Waals surface area (Å²) < 4.78 is 5.91. The van der Waals surface area contributed by atoms with E-state index in [-0.39, 0.29) is 18.4 Å². The lowest BCUT2D eigenvalue weighted by atomic mass is 9.79. The Bertz CT molecular complexity index is 633. The lowest BCUT2D eigenvalue weighted by molar-refractivity contribution is -0.126. The highest BCUT2D eigenvalue weighted by atomic mass is 32.1. The van der Waals surface area contributed by atoms with Gasteiger partial charge in [0, 0.05) is 35.3 Å². The molecule has 1 aliphatic carbocycles. The number of ether oxygens (including phenoxy) is 1. The van der Waals surface area contributed by atoms with Crippen molar-refractivity contribution in [3.8, 4) is 0 Å². The predicted molar refractivity (Wildman–Crippen MR) is 121 cm³/mol. The van der Waals surface area contributed by atoms with Gasteiger partial charge in [0.25, 0.3) is 0 Å². The number of nitrogens with one attached hydrogen (secondary N) is 1. The largest absolute Gasteiger partial charge is 0.390 e. The van der Waals surface area contributed by atoms with E-state index >= 15 is 0 Å². The fourth-order valence-corrected chi connectivity index (χ4v) is 4.99. The molecular weight excluding hydrogens is 384 g/mol. The van der Waals surface area contributed by atoms with Crippen molar-refractivity contribution in [3.05, 3.63) is 21.4 Å². The minimum Gasteiger partial charge on any atom is -0.390 e. The Hall–Kier alpha value is -0.950. The van der Waals surface area contributed by atoms with Crippen LogP contribution in [0.25, 0.3) is 0 Å². The van der Waals surface area contributed by atoms with Gasteiger partial charge in [-0.25, -0.2) is 0 Å². The molecule has 0 aliphatic heterocycles. The van der Waals surface area contributed by atoms with Gasteiger partial charge in [-0.15, -0.1) is 11.3 Å². The van der Waals surface area contributed by atoms with Crippen molar-refractivity contribution in [2.75, 3.05) is 32.8 Å². The molecule has 1 amide bonds. The molecule has 0 atom stereocenters. The zero-order valence-electron chi connectivity index (χ0n) is 18.9. The first-order valence-corrected chi connectivity index (χ1v) is 11.9. The van der Waals surface area contributed by atoms with E-state index in [9.17, 15) is 9.90 Å². The molecule has 1 fully saturated rings. The molecule has 2 N–H and O–H groups in total. The molecule has 1 aliphatic rings. The molecule has 2 rings (SSSR count). The van der Waals surface area contributed by atoms with Crippen LogP contribution in [0.1, 0.15) is 62.3 Å². The van der Waals surface area contributed by atoms with Gasteiger partial charge in [-0.1, -0.05) is 13.8 Å². The molecule has 0 radical (unpaired) electrons. The van der Waals surface area contributed by atoms with E-state index in [1.165, 1.54) is 15.3 Å². The van der Waals surface area contributed by atoms with E-state index in [0.29, 0.717) is 5.92 Å². The number of aryl methyl sites for hydroxylation is 2. The number of aliphatic hydroxyl groups is 1. The lowest BCUT2D eigenvalue weighted by Gasteiger charge is -2.39. The molecule has 5 nitrogen and oxygen atoms in total. The first kappa shape index (κ1) is 24.3. The van der Waals surface area contributed by atoms with E-state index in [1.807, 2.05) is 11.3 Å². The second kappa shape index (κ2) is 11.4. The number of rotatable bonds is 13. The average molecular weight is 425 g/mol. The monoisotopic (exact) mass is 424 g/mol.